The molecular formula is C14H22ClN3O2. The van der Waals surface area contributed by atoms with Crippen LogP contribution in [0.15, 0.2) is 30.3 Å². The van der Waals surface area contributed by atoms with Crippen molar-refractivity contribution >= 4 is 24.2 Å². The first-order chi connectivity index (χ1) is 9.02. The predicted octanol–water partition coefficient (Wildman–Crippen LogP) is 1.14. The molecule has 0 spiro atoms. The number of carbonyl (C=O) groups excluding carboxylic acids is 2. The van der Waals surface area contributed by atoms with Gasteiger partial charge in [-0.2, -0.15) is 0 Å². The summed E-state index contributed by atoms with van der Waals surface area (Å²) in [5.74, 6) is -0.283. The van der Waals surface area contributed by atoms with E-state index in [1.807, 2.05) is 37.3 Å². The minimum absolute atomic E-state index is 0. The van der Waals surface area contributed by atoms with E-state index < -0.39 is 0 Å². The molecule has 1 unspecified atom stereocenters. The van der Waals surface area contributed by atoms with E-state index in [0.29, 0.717) is 6.54 Å². The van der Waals surface area contributed by atoms with E-state index in [0.717, 1.165) is 5.56 Å². The maximum atomic E-state index is 11.9. The van der Waals surface area contributed by atoms with Crippen molar-refractivity contribution in [2.45, 2.75) is 32.4 Å². The largest absolute Gasteiger partial charge is 0.352 e. The molecule has 0 bridgehead atoms. The van der Waals surface area contributed by atoms with Crippen LogP contribution in [-0.2, 0) is 9.59 Å². The zero-order valence-corrected chi connectivity index (χ0v) is 12.6. The van der Waals surface area contributed by atoms with Gasteiger partial charge in [-0.3, -0.25) is 9.59 Å². The van der Waals surface area contributed by atoms with E-state index in [-0.39, 0.29) is 42.7 Å². The lowest BCUT2D eigenvalue weighted by atomic mass is 10.0. The van der Waals surface area contributed by atoms with E-state index >= 15 is 0 Å². The first kappa shape index (κ1) is 18.4. The van der Waals surface area contributed by atoms with Gasteiger partial charge in [0, 0.05) is 19.5 Å². The van der Waals surface area contributed by atoms with Crippen LogP contribution < -0.4 is 16.4 Å². The molecule has 0 saturated carbocycles. The number of hydrogen-bond donors (Lipinski definition) is 3. The molecule has 1 rings (SSSR count). The fourth-order valence-electron chi connectivity index (χ4n) is 1.76. The molecule has 0 aliphatic carbocycles. The van der Waals surface area contributed by atoms with Gasteiger partial charge in [-0.15, -0.1) is 12.4 Å². The van der Waals surface area contributed by atoms with Crippen molar-refractivity contribution in [2.24, 2.45) is 5.73 Å². The summed E-state index contributed by atoms with van der Waals surface area (Å²) in [6, 6.07) is 9.05. The second kappa shape index (κ2) is 9.34. The summed E-state index contributed by atoms with van der Waals surface area (Å²) in [6.45, 7) is 3.67. The Morgan fingerprint density at radius 3 is 2.30 bits per heavy atom. The highest BCUT2D eigenvalue weighted by atomic mass is 35.5. The number of rotatable bonds is 6. The van der Waals surface area contributed by atoms with Gasteiger partial charge < -0.3 is 16.4 Å². The van der Waals surface area contributed by atoms with Gasteiger partial charge in [-0.1, -0.05) is 30.3 Å². The van der Waals surface area contributed by atoms with E-state index in [1.165, 1.54) is 6.92 Å². The van der Waals surface area contributed by atoms with Crippen LogP contribution in [0.4, 0.5) is 0 Å². The van der Waals surface area contributed by atoms with Crippen molar-refractivity contribution in [1.82, 2.24) is 10.6 Å². The highest BCUT2D eigenvalue weighted by Gasteiger charge is 2.17. The van der Waals surface area contributed by atoms with Crippen LogP contribution >= 0.6 is 12.4 Å². The standard InChI is InChI=1S/C14H21N3O2.ClH/c1-10(9-15)16-14(19)8-13(17-11(2)18)12-6-4-3-5-7-12;/h3-7,10,13H,8-9,15H2,1-2H3,(H,16,19)(H,17,18);1H/t10-,13?;/m0./s1. The van der Waals surface area contributed by atoms with Crippen LogP contribution in [-0.4, -0.2) is 24.4 Å². The Bertz CT molecular complexity index is 426. The fraction of sp³-hybridized carbons (Fsp3) is 0.429. The summed E-state index contributed by atoms with van der Waals surface area (Å²) in [5, 5.41) is 5.58. The van der Waals surface area contributed by atoms with Gasteiger partial charge in [0.25, 0.3) is 0 Å². The molecule has 0 radical (unpaired) electrons. The highest BCUT2D eigenvalue weighted by molar-refractivity contribution is 5.85. The highest BCUT2D eigenvalue weighted by Crippen LogP contribution is 2.16. The molecule has 2 amide bonds. The molecule has 6 heteroatoms. The Morgan fingerprint density at radius 1 is 1.20 bits per heavy atom. The van der Waals surface area contributed by atoms with Gasteiger partial charge >= 0.3 is 0 Å². The summed E-state index contributed by atoms with van der Waals surface area (Å²) in [6.07, 6.45) is 0.202. The zero-order chi connectivity index (χ0) is 14.3. The molecule has 112 valence electrons. The van der Waals surface area contributed by atoms with Crippen molar-refractivity contribution in [2.75, 3.05) is 6.54 Å². The Labute approximate surface area is 125 Å². The van der Waals surface area contributed by atoms with Gasteiger partial charge in [-0.05, 0) is 12.5 Å². The van der Waals surface area contributed by atoms with Crippen LogP contribution in [0.5, 0.6) is 0 Å². The van der Waals surface area contributed by atoms with Crippen LogP contribution in [0, 0.1) is 0 Å². The van der Waals surface area contributed by atoms with Crippen LogP contribution in [0.3, 0.4) is 0 Å². The summed E-state index contributed by atoms with van der Waals surface area (Å²) >= 11 is 0. The monoisotopic (exact) mass is 299 g/mol. The molecule has 1 aromatic rings. The number of benzene rings is 1. The lowest BCUT2D eigenvalue weighted by Crippen LogP contribution is -2.40. The van der Waals surface area contributed by atoms with Gasteiger partial charge in [0.15, 0.2) is 0 Å². The van der Waals surface area contributed by atoms with Gasteiger partial charge in [-0.25, -0.2) is 0 Å². The molecule has 0 aromatic heterocycles. The summed E-state index contributed by atoms with van der Waals surface area (Å²) in [5.41, 5.74) is 6.37. The fourth-order valence-corrected chi connectivity index (χ4v) is 1.76. The molecule has 0 fully saturated rings. The average molecular weight is 300 g/mol. The quantitative estimate of drug-likeness (QED) is 0.736. The van der Waals surface area contributed by atoms with Crippen molar-refractivity contribution in [3.63, 3.8) is 0 Å². The maximum absolute atomic E-state index is 11.9. The Morgan fingerprint density at radius 2 is 1.80 bits per heavy atom. The zero-order valence-electron chi connectivity index (χ0n) is 11.8. The Balaban J connectivity index is 0.00000361. The lowest BCUT2D eigenvalue weighted by molar-refractivity contribution is -0.123. The molecular weight excluding hydrogens is 278 g/mol. The van der Waals surface area contributed by atoms with E-state index in [1.54, 1.807) is 0 Å². The van der Waals surface area contributed by atoms with Gasteiger partial charge in [0.1, 0.15) is 0 Å². The predicted molar refractivity (Wildman–Crippen MR) is 81.5 cm³/mol. The third-order valence-electron chi connectivity index (χ3n) is 2.73. The van der Waals surface area contributed by atoms with Crippen LogP contribution in [0.1, 0.15) is 31.9 Å². The molecule has 20 heavy (non-hydrogen) atoms. The normalized spacial score (nSPS) is 12.8. The summed E-state index contributed by atoms with van der Waals surface area (Å²) in [7, 11) is 0. The van der Waals surface area contributed by atoms with Crippen LogP contribution in [0.25, 0.3) is 0 Å². The number of hydrogen-bond acceptors (Lipinski definition) is 3. The molecule has 0 aliphatic heterocycles. The second-order valence-corrected chi connectivity index (χ2v) is 4.57. The SMILES string of the molecule is CC(=O)NC(CC(=O)N[C@@H](C)CN)c1ccccc1.Cl. The van der Waals surface area contributed by atoms with Gasteiger partial charge in [0.2, 0.25) is 11.8 Å². The Hall–Kier alpha value is -1.59. The maximum Gasteiger partial charge on any atom is 0.222 e. The van der Waals surface area contributed by atoms with Crippen molar-refractivity contribution in [1.29, 1.82) is 0 Å². The second-order valence-electron chi connectivity index (χ2n) is 4.57. The van der Waals surface area contributed by atoms with Crippen molar-refractivity contribution in [3.8, 4) is 0 Å². The molecule has 1 aromatic carbocycles. The number of halogens is 1. The number of nitrogens with one attached hydrogen (secondary N) is 2. The third kappa shape index (κ3) is 6.54. The molecule has 2 atom stereocenters. The minimum atomic E-state index is -0.316. The molecule has 0 heterocycles. The number of amides is 2. The molecule has 4 N–H and O–H groups in total. The van der Waals surface area contributed by atoms with Crippen LogP contribution in [0.2, 0.25) is 0 Å². The first-order valence-corrected chi connectivity index (χ1v) is 6.34. The van der Waals surface area contributed by atoms with E-state index in [9.17, 15) is 9.59 Å². The van der Waals surface area contributed by atoms with E-state index in [4.69, 9.17) is 5.73 Å². The van der Waals surface area contributed by atoms with E-state index in [2.05, 4.69) is 10.6 Å². The smallest absolute Gasteiger partial charge is 0.222 e. The lowest BCUT2D eigenvalue weighted by Gasteiger charge is -2.19. The Kier molecular flexibility index (Phi) is 8.59. The van der Waals surface area contributed by atoms with Crippen molar-refractivity contribution < 1.29 is 9.59 Å². The third-order valence-corrected chi connectivity index (χ3v) is 2.73. The molecule has 0 saturated heterocycles. The molecule has 0 aliphatic rings. The summed E-state index contributed by atoms with van der Waals surface area (Å²) < 4.78 is 0. The molecule has 5 nitrogen and oxygen atoms in total. The minimum Gasteiger partial charge on any atom is -0.352 e. The number of carbonyl (C=O) groups is 2. The first-order valence-electron chi connectivity index (χ1n) is 6.34. The average Bonchev–Trinajstić information content (AvgIpc) is 2.38. The van der Waals surface area contributed by atoms with Crippen molar-refractivity contribution in [3.05, 3.63) is 35.9 Å². The van der Waals surface area contributed by atoms with Gasteiger partial charge in [0.05, 0.1) is 12.5 Å². The number of nitrogens with two attached hydrogens (primary N) is 1. The topological polar surface area (TPSA) is 84.2 Å². The summed E-state index contributed by atoms with van der Waals surface area (Å²) in [4.78, 5) is 23.1.